The lowest BCUT2D eigenvalue weighted by Crippen LogP contribution is -2.39. The first-order valence-corrected chi connectivity index (χ1v) is 9.49. The Morgan fingerprint density at radius 3 is 2.46 bits per heavy atom. The van der Waals surface area contributed by atoms with Crippen LogP contribution in [0.3, 0.4) is 0 Å². The third-order valence-electron chi connectivity index (χ3n) is 5.96. The second-order valence-corrected chi connectivity index (χ2v) is 8.94. The number of rotatable bonds is 0. The molecular formula is C19H32N2O3. The van der Waals surface area contributed by atoms with Crippen molar-refractivity contribution in [3.63, 3.8) is 0 Å². The maximum absolute atomic E-state index is 12.8. The quantitative estimate of drug-likeness (QED) is 0.683. The molecule has 24 heavy (non-hydrogen) atoms. The van der Waals surface area contributed by atoms with Crippen LogP contribution in [0.15, 0.2) is 0 Å². The molecule has 0 aromatic carbocycles. The minimum atomic E-state index is -0.459. The predicted octanol–water partition coefficient (Wildman–Crippen LogP) is 3.14. The molecule has 2 aliphatic heterocycles. The summed E-state index contributed by atoms with van der Waals surface area (Å²) in [5, 5.41) is 0. The van der Waals surface area contributed by atoms with Crippen LogP contribution in [-0.4, -0.2) is 54.1 Å². The third kappa shape index (κ3) is 3.55. The second-order valence-electron chi connectivity index (χ2n) is 8.94. The van der Waals surface area contributed by atoms with E-state index in [0.717, 1.165) is 38.9 Å². The Morgan fingerprint density at radius 2 is 1.75 bits per heavy atom. The van der Waals surface area contributed by atoms with Crippen LogP contribution in [0.5, 0.6) is 0 Å². The fourth-order valence-electron chi connectivity index (χ4n) is 4.93. The van der Waals surface area contributed by atoms with Crippen LogP contribution in [0, 0.1) is 23.7 Å². The zero-order chi connectivity index (χ0) is 17.5. The Hall–Kier alpha value is -1.26. The van der Waals surface area contributed by atoms with Gasteiger partial charge in [0.15, 0.2) is 0 Å². The lowest BCUT2D eigenvalue weighted by atomic mass is 9.75. The minimum absolute atomic E-state index is 0.158. The van der Waals surface area contributed by atoms with Gasteiger partial charge < -0.3 is 14.5 Å². The summed E-state index contributed by atoms with van der Waals surface area (Å²) >= 11 is 0. The van der Waals surface area contributed by atoms with Gasteiger partial charge in [-0.2, -0.15) is 0 Å². The number of ether oxygens (including phenoxy) is 1. The van der Waals surface area contributed by atoms with Gasteiger partial charge in [-0.15, -0.1) is 0 Å². The molecule has 0 spiro atoms. The van der Waals surface area contributed by atoms with E-state index in [1.807, 2.05) is 37.6 Å². The van der Waals surface area contributed by atoms with E-state index in [2.05, 4.69) is 0 Å². The molecule has 5 nitrogen and oxygen atoms in total. The fraction of sp³-hybridized carbons (Fsp3) is 0.895. The van der Waals surface area contributed by atoms with Crippen molar-refractivity contribution in [2.24, 2.45) is 23.7 Å². The molecule has 4 unspecified atom stereocenters. The Kier molecular flexibility index (Phi) is 4.80. The van der Waals surface area contributed by atoms with Gasteiger partial charge in [-0.05, 0) is 51.4 Å². The Bertz CT molecular complexity index is 499. The van der Waals surface area contributed by atoms with Crippen molar-refractivity contribution in [1.29, 1.82) is 0 Å². The van der Waals surface area contributed by atoms with Gasteiger partial charge in [0, 0.05) is 32.6 Å². The average Bonchev–Trinajstić information content (AvgIpc) is 2.70. The molecule has 2 heterocycles. The first kappa shape index (κ1) is 17.6. The number of carbonyl (C=O) groups is 2. The van der Waals surface area contributed by atoms with Crippen LogP contribution >= 0.6 is 0 Å². The first-order chi connectivity index (χ1) is 11.3. The number of carbonyl (C=O) groups excluding carboxylic acids is 2. The average molecular weight is 336 g/mol. The molecule has 3 rings (SSSR count). The Balaban J connectivity index is 1.78. The molecule has 0 radical (unpaired) electrons. The van der Waals surface area contributed by atoms with E-state index in [1.54, 1.807) is 0 Å². The smallest absolute Gasteiger partial charge is 0.410 e. The summed E-state index contributed by atoms with van der Waals surface area (Å²) in [5.74, 6) is 1.75. The van der Waals surface area contributed by atoms with Crippen molar-refractivity contribution in [3.8, 4) is 0 Å². The topological polar surface area (TPSA) is 49.9 Å². The molecule has 1 saturated carbocycles. The SMILES string of the molecule is CN1CC2CN(C(=O)OC(C)(C)C)CC2C2CCCCCC2C1=O. The van der Waals surface area contributed by atoms with Gasteiger partial charge in [-0.25, -0.2) is 4.79 Å². The number of hydrogen-bond donors (Lipinski definition) is 0. The minimum Gasteiger partial charge on any atom is -0.444 e. The third-order valence-corrected chi connectivity index (χ3v) is 5.96. The molecule has 0 aromatic rings. The van der Waals surface area contributed by atoms with Gasteiger partial charge in [-0.3, -0.25) is 4.79 Å². The van der Waals surface area contributed by atoms with Crippen molar-refractivity contribution in [2.45, 2.75) is 58.5 Å². The number of hydrogen-bond acceptors (Lipinski definition) is 3. The number of likely N-dealkylation sites (tertiary alicyclic amines) is 2. The van der Waals surface area contributed by atoms with E-state index < -0.39 is 5.60 Å². The van der Waals surface area contributed by atoms with Gasteiger partial charge in [-0.1, -0.05) is 19.3 Å². The normalized spacial score (nSPS) is 34.2. The van der Waals surface area contributed by atoms with Gasteiger partial charge in [0.2, 0.25) is 5.91 Å². The van der Waals surface area contributed by atoms with E-state index in [-0.39, 0.29) is 12.0 Å². The highest BCUT2D eigenvalue weighted by Crippen LogP contribution is 2.44. The summed E-state index contributed by atoms with van der Waals surface area (Å²) in [5.41, 5.74) is -0.459. The monoisotopic (exact) mass is 336 g/mol. The highest BCUT2D eigenvalue weighted by Gasteiger charge is 2.48. The first-order valence-electron chi connectivity index (χ1n) is 9.49. The summed E-state index contributed by atoms with van der Waals surface area (Å²) < 4.78 is 5.57. The molecule has 0 N–H and O–H groups in total. The van der Waals surface area contributed by atoms with Crippen molar-refractivity contribution >= 4 is 12.0 Å². The number of nitrogens with zero attached hydrogens (tertiary/aromatic N) is 2. The van der Waals surface area contributed by atoms with E-state index in [9.17, 15) is 9.59 Å². The van der Waals surface area contributed by atoms with E-state index in [1.165, 1.54) is 12.8 Å². The van der Waals surface area contributed by atoms with Gasteiger partial charge in [0.1, 0.15) is 5.60 Å². The zero-order valence-electron chi connectivity index (χ0n) is 15.6. The van der Waals surface area contributed by atoms with E-state index in [4.69, 9.17) is 4.74 Å². The van der Waals surface area contributed by atoms with Crippen LogP contribution < -0.4 is 0 Å². The predicted molar refractivity (Wildman–Crippen MR) is 92.5 cm³/mol. The van der Waals surface area contributed by atoms with Gasteiger partial charge in [0.25, 0.3) is 0 Å². The molecular weight excluding hydrogens is 304 g/mol. The second kappa shape index (κ2) is 6.57. The molecule has 0 bridgehead atoms. The summed E-state index contributed by atoms with van der Waals surface area (Å²) in [6.45, 7) is 7.98. The maximum atomic E-state index is 12.8. The van der Waals surface area contributed by atoms with Crippen LogP contribution in [0.1, 0.15) is 52.9 Å². The molecule has 0 aromatic heterocycles. The molecule has 136 valence electrons. The zero-order valence-corrected chi connectivity index (χ0v) is 15.6. The fourth-order valence-corrected chi connectivity index (χ4v) is 4.93. The number of amides is 2. The van der Waals surface area contributed by atoms with E-state index >= 15 is 0 Å². The highest BCUT2D eigenvalue weighted by molar-refractivity contribution is 5.79. The van der Waals surface area contributed by atoms with Crippen LogP contribution in [-0.2, 0) is 9.53 Å². The van der Waals surface area contributed by atoms with Crippen molar-refractivity contribution in [1.82, 2.24) is 9.80 Å². The molecule has 3 aliphatic rings. The molecule has 2 saturated heterocycles. The molecule has 5 heteroatoms. The van der Waals surface area contributed by atoms with E-state index in [0.29, 0.717) is 23.7 Å². The lowest BCUT2D eigenvalue weighted by Gasteiger charge is -2.29. The highest BCUT2D eigenvalue weighted by atomic mass is 16.6. The maximum Gasteiger partial charge on any atom is 0.410 e. The molecule has 4 atom stereocenters. The summed E-state index contributed by atoms with van der Waals surface area (Å²) in [7, 11) is 1.93. The van der Waals surface area contributed by atoms with Crippen LogP contribution in [0.2, 0.25) is 0 Å². The van der Waals surface area contributed by atoms with Crippen molar-refractivity contribution in [3.05, 3.63) is 0 Å². The van der Waals surface area contributed by atoms with Crippen LogP contribution in [0.25, 0.3) is 0 Å². The van der Waals surface area contributed by atoms with Crippen LogP contribution in [0.4, 0.5) is 4.79 Å². The summed E-state index contributed by atoms with van der Waals surface area (Å²) in [4.78, 5) is 29.1. The van der Waals surface area contributed by atoms with Gasteiger partial charge in [0.05, 0.1) is 0 Å². The number of fused-ring (bicyclic) bond motifs is 3. The van der Waals surface area contributed by atoms with Crippen molar-refractivity contribution in [2.75, 3.05) is 26.7 Å². The molecule has 1 aliphatic carbocycles. The summed E-state index contributed by atoms with van der Waals surface area (Å²) in [6, 6.07) is 0. The lowest BCUT2D eigenvalue weighted by molar-refractivity contribution is -0.135. The summed E-state index contributed by atoms with van der Waals surface area (Å²) in [6.07, 6.45) is 5.56. The van der Waals surface area contributed by atoms with Gasteiger partial charge >= 0.3 is 6.09 Å². The molecule has 2 amide bonds. The Morgan fingerprint density at radius 1 is 1.04 bits per heavy atom. The standard InChI is InChI=1S/C19H32N2O3/c1-19(2,3)24-18(23)21-11-13-10-20(4)17(22)15-9-7-5-6-8-14(15)16(13)12-21/h13-16H,5-12H2,1-4H3. The largest absolute Gasteiger partial charge is 0.444 e. The molecule has 3 fully saturated rings. The van der Waals surface area contributed by atoms with Crippen molar-refractivity contribution < 1.29 is 14.3 Å². The Labute approximate surface area is 145 Å².